The number of aromatic nitrogens is 1. The van der Waals surface area contributed by atoms with Gasteiger partial charge in [0.05, 0.1) is 11.0 Å². The van der Waals surface area contributed by atoms with Crippen LogP contribution in [0.25, 0.3) is 38.3 Å². The molecule has 0 saturated carbocycles. The topological polar surface area (TPSA) is 14.7 Å². The predicted molar refractivity (Wildman–Crippen MR) is 291 cm³/mol. The summed E-state index contributed by atoms with van der Waals surface area (Å²) in [6.45, 7) is 10.8. The lowest BCUT2D eigenvalue weighted by Crippen LogP contribution is -2.61. The molecule has 11 aromatic rings. The molecule has 5 heteroatoms. The molecule has 0 bridgehead atoms. The van der Waals surface area contributed by atoms with Gasteiger partial charge in [0, 0.05) is 67.6 Å². The van der Waals surface area contributed by atoms with Crippen molar-refractivity contribution in [3.05, 3.63) is 234 Å². The first kappa shape index (κ1) is 40.0. The molecule has 1 aromatic heterocycles. The van der Waals surface area contributed by atoms with Gasteiger partial charge in [-0.2, -0.15) is 0 Å². The van der Waals surface area contributed by atoms with E-state index in [1.54, 1.807) is 0 Å². The van der Waals surface area contributed by atoms with E-state index in [2.05, 4.69) is 260 Å². The average Bonchev–Trinajstić information content (AvgIpc) is 3.67. The van der Waals surface area contributed by atoms with Crippen LogP contribution in [0.15, 0.2) is 206 Å². The van der Waals surface area contributed by atoms with Gasteiger partial charge in [-0.15, -0.1) is 0 Å². The van der Waals surface area contributed by atoms with E-state index in [0.717, 1.165) is 34.1 Å². The highest BCUT2D eigenvalue weighted by Crippen LogP contribution is 2.47. The van der Waals surface area contributed by atoms with E-state index < -0.39 is 0 Å². The van der Waals surface area contributed by atoms with Crippen LogP contribution in [-0.2, 0) is 0 Å². The van der Waals surface area contributed by atoms with Crippen molar-refractivity contribution in [1.82, 2.24) is 4.57 Å². The molecule has 0 saturated heterocycles. The lowest BCUT2D eigenvalue weighted by Gasteiger charge is -2.44. The van der Waals surface area contributed by atoms with Crippen LogP contribution in [0.4, 0.5) is 51.2 Å². The molecule has 0 fully saturated rings. The van der Waals surface area contributed by atoms with Gasteiger partial charge in [-0.3, -0.25) is 0 Å². The van der Waals surface area contributed by atoms with E-state index in [9.17, 15) is 0 Å². The number of hydrogen-bond acceptors (Lipinski definition) is 3. The van der Waals surface area contributed by atoms with E-state index in [1.807, 2.05) is 0 Å². The number of fused-ring (bicyclic) bond motifs is 8. The fraction of sp³-hybridized carbons (Fsp3) is 0.0794. The molecular weight excluding hydrogens is 824 g/mol. The second kappa shape index (κ2) is 15.4. The van der Waals surface area contributed by atoms with Crippen LogP contribution < -0.4 is 31.1 Å². The highest BCUT2D eigenvalue weighted by Gasteiger charge is 2.43. The van der Waals surface area contributed by atoms with Gasteiger partial charge < -0.3 is 19.3 Å². The number of aryl methyl sites for hydroxylation is 5. The van der Waals surface area contributed by atoms with Gasteiger partial charge in [0.25, 0.3) is 6.71 Å². The predicted octanol–water partition coefficient (Wildman–Crippen LogP) is 15.0. The van der Waals surface area contributed by atoms with Crippen molar-refractivity contribution in [3.8, 4) is 5.69 Å². The van der Waals surface area contributed by atoms with Crippen molar-refractivity contribution in [1.29, 1.82) is 0 Å². The first-order chi connectivity index (χ1) is 33.3. The number of nitrogens with zero attached hydrogens (tertiary/aromatic N) is 4. The summed E-state index contributed by atoms with van der Waals surface area (Å²) in [7, 11) is 0. The van der Waals surface area contributed by atoms with Crippen LogP contribution in [0.1, 0.15) is 27.8 Å². The zero-order chi connectivity index (χ0) is 45.8. The number of benzene rings is 10. The maximum absolute atomic E-state index is 2.53. The molecule has 10 aromatic carbocycles. The Morgan fingerprint density at radius 1 is 0.338 bits per heavy atom. The quantitative estimate of drug-likeness (QED) is 0.155. The van der Waals surface area contributed by atoms with Crippen LogP contribution in [0.5, 0.6) is 0 Å². The minimum Gasteiger partial charge on any atom is -0.311 e. The van der Waals surface area contributed by atoms with Gasteiger partial charge >= 0.3 is 0 Å². The normalized spacial score (nSPS) is 12.7. The number of anilines is 9. The van der Waals surface area contributed by atoms with Gasteiger partial charge in [0.2, 0.25) is 0 Å². The SMILES string of the molecule is Cc1ccc(N(c2ccc(C)cc2)c2ccc3c(c2)N(c2ccc(C)cc2)c2cccc4c2B3c2ccc(-n3c5ccc(C)cc5c5cc(C)ccc53)cc2N4c2ccc3ccccc3c2)cc1. The van der Waals surface area contributed by atoms with E-state index >= 15 is 0 Å². The first-order valence-corrected chi connectivity index (χ1v) is 23.8. The third-order valence-corrected chi connectivity index (χ3v) is 14.4. The summed E-state index contributed by atoms with van der Waals surface area (Å²) >= 11 is 0. The van der Waals surface area contributed by atoms with Crippen LogP contribution in [0, 0.1) is 34.6 Å². The molecular formula is C63H49BN4. The van der Waals surface area contributed by atoms with E-state index in [-0.39, 0.29) is 6.71 Å². The summed E-state index contributed by atoms with van der Waals surface area (Å²) < 4.78 is 2.47. The summed E-state index contributed by atoms with van der Waals surface area (Å²) in [6, 6.07) is 77.6. The molecule has 2 aliphatic heterocycles. The Balaban J connectivity index is 1.08. The molecule has 0 spiro atoms. The highest BCUT2D eigenvalue weighted by molar-refractivity contribution is 7.00. The molecule has 0 aliphatic carbocycles. The van der Waals surface area contributed by atoms with Gasteiger partial charge in [0.15, 0.2) is 0 Å². The van der Waals surface area contributed by atoms with Crippen LogP contribution in [0.2, 0.25) is 0 Å². The average molecular weight is 873 g/mol. The van der Waals surface area contributed by atoms with Crippen LogP contribution >= 0.6 is 0 Å². The second-order valence-corrected chi connectivity index (χ2v) is 19.1. The Hall–Kier alpha value is -8.28. The van der Waals surface area contributed by atoms with Crippen LogP contribution in [-0.4, -0.2) is 11.3 Å². The summed E-state index contributed by atoms with van der Waals surface area (Å²) in [5.41, 5.74) is 24.0. The molecule has 13 rings (SSSR count). The summed E-state index contributed by atoms with van der Waals surface area (Å²) in [5.74, 6) is 0. The van der Waals surface area contributed by atoms with Crippen molar-refractivity contribution < 1.29 is 0 Å². The fourth-order valence-corrected chi connectivity index (χ4v) is 11.1. The standard InChI is InChI=1S/C63H49BN4/c1-40-13-22-47(23-14-40)65(48-24-15-41(2)16-25-48)51-29-31-55-61(38-51)66(49-26-17-42(3)18-27-49)59-11-8-12-60-63(59)64(55)56-32-30-52(39-62(56)68(60)50-28-21-45-9-6-7-10-46(45)37-50)67-57-33-19-43(4)35-53(57)54-36-44(5)20-34-58(54)67/h6-39H,1-5H3. The Morgan fingerprint density at radius 2 is 0.824 bits per heavy atom. The molecule has 0 amide bonds. The van der Waals surface area contributed by atoms with Crippen molar-refractivity contribution in [3.63, 3.8) is 0 Å². The van der Waals surface area contributed by atoms with E-state index in [4.69, 9.17) is 0 Å². The summed E-state index contributed by atoms with van der Waals surface area (Å²) in [4.78, 5) is 7.44. The maximum atomic E-state index is 2.53. The minimum absolute atomic E-state index is 0.0386. The molecule has 2 aliphatic rings. The monoisotopic (exact) mass is 872 g/mol. The van der Waals surface area contributed by atoms with Crippen molar-refractivity contribution >= 4 is 107 Å². The Morgan fingerprint density at radius 3 is 1.44 bits per heavy atom. The Labute approximate surface area is 398 Å². The largest absolute Gasteiger partial charge is 0.311 e. The van der Waals surface area contributed by atoms with Gasteiger partial charge in [-0.25, -0.2) is 0 Å². The molecule has 0 N–H and O–H groups in total. The summed E-state index contributed by atoms with van der Waals surface area (Å²) in [6.07, 6.45) is 0. The van der Waals surface area contributed by atoms with Crippen molar-refractivity contribution in [2.45, 2.75) is 34.6 Å². The van der Waals surface area contributed by atoms with Gasteiger partial charge in [-0.05, 0) is 171 Å². The van der Waals surface area contributed by atoms with E-state index in [1.165, 1.54) is 99.5 Å². The van der Waals surface area contributed by atoms with Gasteiger partial charge in [0.1, 0.15) is 0 Å². The number of hydrogen-bond donors (Lipinski definition) is 0. The zero-order valence-electron chi connectivity index (χ0n) is 39.0. The lowest BCUT2D eigenvalue weighted by molar-refractivity contribution is 1.17. The van der Waals surface area contributed by atoms with Crippen molar-refractivity contribution in [2.24, 2.45) is 0 Å². The first-order valence-electron chi connectivity index (χ1n) is 23.8. The third-order valence-electron chi connectivity index (χ3n) is 14.4. The van der Waals surface area contributed by atoms with Gasteiger partial charge in [-0.1, -0.05) is 125 Å². The second-order valence-electron chi connectivity index (χ2n) is 19.1. The molecule has 0 atom stereocenters. The fourth-order valence-electron chi connectivity index (χ4n) is 11.1. The summed E-state index contributed by atoms with van der Waals surface area (Å²) in [5, 5.41) is 5.00. The molecule has 68 heavy (non-hydrogen) atoms. The number of rotatable bonds is 6. The third kappa shape index (κ3) is 6.30. The Bertz CT molecular complexity index is 3710. The maximum Gasteiger partial charge on any atom is 0.252 e. The van der Waals surface area contributed by atoms with Crippen LogP contribution in [0.3, 0.4) is 0 Å². The Kier molecular flexibility index (Phi) is 9.07. The smallest absolute Gasteiger partial charge is 0.252 e. The van der Waals surface area contributed by atoms with E-state index in [0.29, 0.717) is 0 Å². The molecule has 0 radical (unpaired) electrons. The molecule has 4 nitrogen and oxygen atoms in total. The zero-order valence-corrected chi connectivity index (χ0v) is 39.0. The molecule has 324 valence electrons. The molecule has 3 heterocycles. The highest BCUT2D eigenvalue weighted by atomic mass is 15.2. The molecule has 0 unspecified atom stereocenters. The van der Waals surface area contributed by atoms with Crippen molar-refractivity contribution in [2.75, 3.05) is 14.7 Å². The minimum atomic E-state index is -0.0386. The lowest BCUT2D eigenvalue weighted by atomic mass is 9.33.